The number of nitrogens with one attached hydrogen (secondary N) is 1. The number of carbonyl (C=O) groups is 2. The summed E-state index contributed by atoms with van der Waals surface area (Å²) in [4.78, 5) is 23.5. The molecule has 0 aliphatic rings. The topological polar surface area (TPSA) is 79.2 Å². The van der Waals surface area contributed by atoms with Gasteiger partial charge < -0.3 is 10.1 Å². The third-order valence-corrected chi connectivity index (χ3v) is 3.78. The molecule has 0 aromatic carbocycles. The number of nitrogens with zero attached hydrogens (tertiary/aromatic N) is 1. The molecule has 0 radical (unpaired) electrons. The van der Waals surface area contributed by atoms with Gasteiger partial charge in [-0.15, -0.1) is 22.7 Å². The lowest BCUT2D eigenvalue weighted by Crippen LogP contribution is -2.20. The zero-order chi connectivity index (χ0) is 13.7. The van der Waals surface area contributed by atoms with Gasteiger partial charge in [-0.25, -0.2) is 4.79 Å². The molecule has 0 saturated carbocycles. The lowest BCUT2D eigenvalue weighted by molar-refractivity contribution is -0.119. The van der Waals surface area contributed by atoms with E-state index in [-0.39, 0.29) is 6.61 Å². The molecule has 2 aromatic rings. The number of rotatable bonds is 4. The predicted molar refractivity (Wildman–Crippen MR) is 72.3 cm³/mol. The number of nitriles is 1. The quantitative estimate of drug-likeness (QED) is 0.878. The van der Waals surface area contributed by atoms with Crippen molar-refractivity contribution in [1.29, 1.82) is 5.26 Å². The molecule has 0 bridgehead atoms. The van der Waals surface area contributed by atoms with E-state index in [1.165, 1.54) is 22.7 Å². The highest BCUT2D eigenvalue weighted by molar-refractivity contribution is 7.14. The van der Waals surface area contributed by atoms with E-state index in [9.17, 15) is 9.59 Å². The fourth-order valence-corrected chi connectivity index (χ4v) is 2.62. The van der Waals surface area contributed by atoms with Crippen molar-refractivity contribution in [3.63, 3.8) is 0 Å². The lowest BCUT2D eigenvalue weighted by Gasteiger charge is -2.04. The fourth-order valence-electron chi connectivity index (χ4n) is 1.25. The molecule has 0 spiro atoms. The van der Waals surface area contributed by atoms with Crippen LogP contribution < -0.4 is 5.32 Å². The Kier molecular flexibility index (Phi) is 4.28. The van der Waals surface area contributed by atoms with Gasteiger partial charge in [0.2, 0.25) is 0 Å². The smallest absolute Gasteiger partial charge is 0.348 e. The van der Waals surface area contributed by atoms with Gasteiger partial charge in [0.05, 0.1) is 5.56 Å². The first kappa shape index (κ1) is 13.3. The molecule has 19 heavy (non-hydrogen) atoms. The first-order valence-electron chi connectivity index (χ1n) is 5.19. The van der Waals surface area contributed by atoms with Crippen molar-refractivity contribution < 1.29 is 14.3 Å². The SMILES string of the molecule is N#Cc1ccsc1NC(=O)COC(=O)c1cccs1. The zero-order valence-corrected chi connectivity index (χ0v) is 11.2. The molecule has 96 valence electrons. The molecule has 0 unspecified atom stereocenters. The van der Waals surface area contributed by atoms with Crippen LogP contribution in [0.25, 0.3) is 0 Å². The van der Waals surface area contributed by atoms with E-state index in [4.69, 9.17) is 10.00 Å². The van der Waals surface area contributed by atoms with Gasteiger partial charge in [-0.1, -0.05) is 6.07 Å². The monoisotopic (exact) mass is 292 g/mol. The number of hydrogen-bond acceptors (Lipinski definition) is 6. The highest BCUT2D eigenvalue weighted by Crippen LogP contribution is 2.21. The number of esters is 1. The Hall–Kier alpha value is -2.17. The van der Waals surface area contributed by atoms with Gasteiger partial charge >= 0.3 is 5.97 Å². The molecule has 1 N–H and O–H groups in total. The van der Waals surface area contributed by atoms with Crippen molar-refractivity contribution in [3.8, 4) is 6.07 Å². The summed E-state index contributed by atoms with van der Waals surface area (Å²) in [5.41, 5.74) is 0.392. The summed E-state index contributed by atoms with van der Waals surface area (Å²) in [5, 5.41) is 15.2. The van der Waals surface area contributed by atoms with Crippen LogP contribution in [0.5, 0.6) is 0 Å². The molecule has 0 fully saturated rings. The largest absolute Gasteiger partial charge is 0.451 e. The highest BCUT2D eigenvalue weighted by Gasteiger charge is 2.12. The molecule has 0 atom stereocenters. The van der Waals surface area contributed by atoms with Gasteiger partial charge in [-0.3, -0.25) is 4.79 Å². The minimum absolute atomic E-state index is 0.375. The summed E-state index contributed by atoms with van der Waals surface area (Å²) in [6.45, 7) is -0.375. The summed E-state index contributed by atoms with van der Waals surface area (Å²) in [6.07, 6.45) is 0. The number of amides is 1. The van der Waals surface area contributed by atoms with Crippen LogP contribution in [0.3, 0.4) is 0 Å². The molecule has 2 heterocycles. The van der Waals surface area contributed by atoms with Gasteiger partial charge in [0.1, 0.15) is 15.9 Å². The van der Waals surface area contributed by atoms with Crippen molar-refractivity contribution >= 4 is 39.6 Å². The van der Waals surface area contributed by atoms with E-state index in [0.717, 1.165) is 0 Å². The molecule has 2 aromatic heterocycles. The molecular weight excluding hydrogens is 284 g/mol. The first-order valence-corrected chi connectivity index (χ1v) is 6.94. The van der Waals surface area contributed by atoms with Crippen LogP contribution in [0, 0.1) is 11.3 Å². The first-order chi connectivity index (χ1) is 9.20. The van der Waals surface area contributed by atoms with E-state index in [1.54, 1.807) is 29.0 Å². The summed E-state index contributed by atoms with van der Waals surface area (Å²) >= 11 is 2.49. The average molecular weight is 292 g/mol. The second-order valence-corrected chi connectivity index (χ2v) is 5.24. The van der Waals surface area contributed by atoms with Gasteiger partial charge in [-0.05, 0) is 22.9 Å². The third-order valence-electron chi connectivity index (χ3n) is 2.10. The van der Waals surface area contributed by atoms with Crippen LogP contribution in [0.4, 0.5) is 5.00 Å². The van der Waals surface area contributed by atoms with E-state index < -0.39 is 11.9 Å². The maximum Gasteiger partial charge on any atom is 0.348 e. The second kappa shape index (κ2) is 6.13. The lowest BCUT2D eigenvalue weighted by atomic mass is 10.3. The standard InChI is InChI=1S/C12H8N2O3S2/c13-6-8-3-5-19-11(8)14-10(15)7-17-12(16)9-2-1-4-18-9/h1-5H,7H2,(H,14,15). The molecule has 0 aliphatic heterocycles. The number of ether oxygens (including phenoxy) is 1. The number of hydrogen-bond donors (Lipinski definition) is 1. The van der Waals surface area contributed by atoms with Crippen molar-refractivity contribution in [2.45, 2.75) is 0 Å². The predicted octanol–water partition coefficient (Wildman–Crippen LogP) is 2.48. The normalized spacial score (nSPS) is 9.63. The zero-order valence-electron chi connectivity index (χ0n) is 9.58. The maximum absolute atomic E-state index is 11.6. The highest BCUT2D eigenvalue weighted by atomic mass is 32.1. The summed E-state index contributed by atoms with van der Waals surface area (Å²) < 4.78 is 4.85. The van der Waals surface area contributed by atoms with E-state index in [2.05, 4.69) is 5.32 Å². The maximum atomic E-state index is 11.6. The number of carbonyl (C=O) groups excluding carboxylic acids is 2. The van der Waals surface area contributed by atoms with Crippen LogP contribution in [0.15, 0.2) is 29.0 Å². The van der Waals surface area contributed by atoms with Crippen LogP contribution >= 0.6 is 22.7 Å². The Morgan fingerprint density at radius 2 is 2.16 bits per heavy atom. The summed E-state index contributed by atoms with van der Waals surface area (Å²) in [6, 6.07) is 6.92. The van der Waals surface area contributed by atoms with Crippen molar-refractivity contribution in [1.82, 2.24) is 0 Å². The molecule has 0 saturated heterocycles. The van der Waals surface area contributed by atoms with Crippen molar-refractivity contribution in [2.75, 3.05) is 11.9 Å². The molecule has 5 nitrogen and oxygen atoms in total. The second-order valence-electron chi connectivity index (χ2n) is 3.38. The summed E-state index contributed by atoms with van der Waals surface area (Å²) in [5.74, 6) is -0.999. The third kappa shape index (κ3) is 3.40. The van der Waals surface area contributed by atoms with E-state index in [0.29, 0.717) is 15.4 Å². The Morgan fingerprint density at radius 1 is 1.32 bits per heavy atom. The van der Waals surface area contributed by atoms with Crippen LogP contribution in [-0.4, -0.2) is 18.5 Å². The Balaban J connectivity index is 1.86. The van der Waals surface area contributed by atoms with Crippen LogP contribution in [0.2, 0.25) is 0 Å². The van der Waals surface area contributed by atoms with Gasteiger partial charge in [0, 0.05) is 0 Å². The van der Waals surface area contributed by atoms with Gasteiger partial charge in [0.15, 0.2) is 6.61 Å². The fraction of sp³-hybridized carbons (Fsp3) is 0.0833. The van der Waals surface area contributed by atoms with Gasteiger partial charge in [0.25, 0.3) is 5.91 Å². The molecule has 7 heteroatoms. The van der Waals surface area contributed by atoms with Gasteiger partial charge in [-0.2, -0.15) is 5.26 Å². The Bertz CT molecular complexity index is 626. The van der Waals surface area contributed by atoms with Crippen LogP contribution in [-0.2, 0) is 9.53 Å². The van der Waals surface area contributed by atoms with Crippen molar-refractivity contribution in [3.05, 3.63) is 39.4 Å². The summed E-state index contributed by atoms with van der Waals surface area (Å²) in [7, 11) is 0. The van der Waals surface area contributed by atoms with E-state index in [1.807, 2.05) is 6.07 Å². The number of anilines is 1. The minimum Gasteiger partial charge on any atom is -0.451 e. The molecular formula is C12H8N2O3S2. The number of thiophene rings is 2. The molecule has 2 rings (SSSR count). The molecule has 0 aliphatic carbocycles. The van der Waals surface area contributed by atoms with Crippen LogP contribution in [0.1, 0.15) is 15.2 Å². The van der Waals surface area contributed by atoms with E-state index >= 15 is 0 Å². The van der Waals surface area contributed by atoms with Crippen molar-refractivity contribution in [2.24, 2.45) is 0 Å². The minimum atomic E-state index is -0.531. The molecule has 1 amide bonds. The Labute approximate surface area is 117 Å². The average Bonchev–Trinajstić information content (AvgIpc) is 3.06. The Morgan fingerprint density at radius 3 is 2.84 bits per heavy atom.